The van der Waals surface area contributed by atoms with Gasteiger partial charge in [0.05, 0.1) is 19.8 Å². The Morgan fingerprint density at radius 3 is 2.60 bits per heavy atom. The molecule has 1 saturated heterocycles. The molecule has 0 bridgehead atoms. The molecular formula is C22H39IN4O3. The van der Waals surface area contributed by atoms with E-state index in [-0.39, 0.29) is 29.5 Å². The molecule has 0 unspecified atom stereocenters. The summed E-state index contributed by atoms with van der Waals surface area (Å²) in [6.45, 7) is 15.4. The first-order chi connectivity index (χ1) is 14.0. The minimum atomic E-state index is 0. The fourth-order valence-electron chi connectivity index (χ4n) is 3.28. The number of ether oxygens (including phenoxy) is 3. The molecule has 8 heteroatoms. The lowest BCUT2D eigenvalue weighted by molar-refractivity contribution is -0.00834. The fraction of sp³-hybridized carbons (Fsp3) is 0.682. The van der Waals surface area contributed by atoms with E-state index in [9.17, 15) is 0 Å². The number of guanidine groups is 1. The minimum absolute atomic E-state index is 0. The summed E-state index contributed by atoms with van der Waals surface area (Å²) in [7, 11) is 1.80. The molecule has 0 aliphatic carbocycles. The van der Waals surface area contributed by atoms with E-state index in [2.05, 4.69) is 59.5 Å². The Balaban J connectivity index is 0.00000450. The maximum atomic E-state index is 5.94. The third-order valence-electron chi connectivity index (χ3n) is 5.14. The summed E-state index contributed by atoms with van der Waals surface area (Å²) in [4.78, 5) is 6.83. The number of nitrogens with zero attached hydrogens (tertiary/aromatic N) is 2. The highest BCUT2D eigenvalue weighted by atomic mass is 127. The number of nitrogens with one attached hydrogen (secondary N) is 2. The van der Waals surface area contributed by atoms with Gasteiger partial charge in [-0.2, -0.15) is 0 Å². The molecule has 2 rings (SSSR count). The number of morpholine rings is 1. The van der Waals surface area contributed by atoms with Gasteiger partial charge in [-0.3, -0.25) is 9.89 Å². The second-order valence-corrected chi connectivity index (χ2v) is 7.85. The van der Waals surface area contributed by atoms with Crippen molar-refractivity contribution < 1.29 is 14.2 Å². The van der Waals surface area contributed by atoms with E-state index >= 15 is 0 Å². The Morgan fingerprint density at radius 2 is 1.93 bits per heavy atom. The van der Waals surface area contributed by atoms with Crippen LogP contribution < -0.4 is 15.4 Å². The molecule has 172 valence electrons. The Labute approximate surface area is 199 Å². The monoisotopic (exact) mass is 534 g/mol. The fourth-order valence-corrected chi connectivity index (χ4v) is 3.28. The van der Waals surface area contributed by atoms with Crippen molar-refractivity contribution in [3.8, 4) is 5.75 Å². The molecule has 1 aliphatic heterocycles. The first-order valence-corrected chi connectivity index (χ1v) is 10.5. The standard InChI is InChI=1S/C22H38N4O3.HI/c1-6-27-13-14-29-20-15-18(2)7-8-19(20)16-24-21(23-5)25-17-22(3,4)26-9-11-28-12-10-26;/h7-8,15H,6,9-14,16-17H2,1-5H3,(H2,23,24,25);1H. The molecule has 1 aliphatic rings. The summed E-state index contributed by atoms with van der Waals surface area (Å²) in [5.74, 6) is 1.67. The average molecular weight is 534 g/mol. The predicted octanol–water partition coefficient (Wildman–Crippen LogP) is 2.80. The highest BCUT2D eigenvalue weighted by Crippen LogP contribution is 2.20. The molecule has 0 atom stereocenters. The average Bonchev–Trinajstić information content (AvgIpc) is 2.73. The second-order valence-electron chi connectivity index (χ2n) is 7.85. The van der Waals surface area contributed by atoms with Gasteiger partial charge in [0.1, 0.15) is 12.4 Å². The molecule has 30 heavy (non-hydrogen) atoms. The number of hydrogen-bond donors (Lipinski definition) is 2. The Kier molecular flexibility index (Phi) is 12.6. The molecule has 0 amide bonds. The number of hydrogen-bond acceptors (Lipinski definition) is 5. The lowest BCUT2D eigenvalue weighted by Crippen LogP contribution is -2.56. The van der Waals surface area contributed by atoms with E-state index < -0.39 is 0 Å². The highest BCUT2D eigenvalue weighted by molar-refractivity contribution is 14.0. The van der Waals surface area contributed by atoms with Crippen molar-refractivity contribution >= 4 is 29.9 Å². The smallest absolute Gasteiger partial charge is 0.191 e. The number of benzene rings is 1. The van der Waals surface area contributed by atoms with Crippen molar-refractivity contribution in [1.82, 2.24) is 15.5 Å². The Morgan fingerprint density at radius 1 is 1.20 bits per heavy atom. The Hall–Kier alpha value is -1.10. The number of aryl methyl sites for hydroxylation is 1. The zero-order valence-corrected chi connectivity index (χ0v) is 21.5. The van der Waals surface area contributed by atoms with Crippen molar-refractivity contribution in [1.29, 1.82) is 0 Å². The molecule has 0 saturated carbocycles. The first kappa shape index (κ1) is 26.9. The molecule has 1 aromatic rings. The molecule has 1 heterocycles. The van der Waals surface area contributed by atoms with Gasteiger partial charge in [-0.05, 0) is 39.3 Å². The summed E-state index contributed by atoms with van der Waals surface area (Å²) in [5, 5.41) is 6.87. The maximum absolute atomic E-state index is 5.94. The second kappa shape index (κ2) is 14.1. The van der Waals surface area contributed by atoms with Crippen molar-refractivity contribution in [2.45, 2.75) is 39.8 Å². The van der Waals surface area contributed by atoms with Crippen molar-refractivity contribution in [3.05, 3.63) is 29.3 Å². The van der Waals surface area contributed by atoms with Gasteiger partial charge in [-0.25, -0.2) is 0 Å². The van der Waals surface area contributed by atoms with Crippen LogP contribution in [0.15, 0.2) is 23.2 Å². The van der Waals surface area contributed by atoms with E-state index in [0.29, 0.717) is 26.4 Å². The summed E-state index contributed by atoms with van der Waals surface area (Å²) in [6.07, 6.45) is 0. The zero-order valence-electron chi connectivity index (χ0n) is 19.1. The van der Waals surface area contributed by atoms with Gasteiger partial charge in [0.2, 0.25) is 0 Å². The molecule has 0 radical (unpaired) electrons. The summed E-state index contributed by atoms with van der Waals surface area (Å²) in [5.41, 5.74) is 2.30. The SMILES string of the molecule is CCOCCOc1cc(C)ccc1CNC(=NC)NCC(C)(C)N1CCOCC1.I. The third kappa shape index (κ3) is 8.95. The van der Waals surface area contributed by atoms with Crippen LogP contribution in [0.3, 0.4) is 0 Å². The molecule has 7 nitrogen and oxygen atoms in total. The molecule has 1 aromatic carbocycles. The van der Waals surface area contributed by atoms with Gasteiger partial charge >= 0.3 is 0 Å². The van der Waals surface area contributed by atoms with Gasteiger partial charge < -0.3 is 24.8 Å². The van der Waals surface area contributed by atoms with Crippen LogP contribution in [0.5, 0.6) is 5.75 Å². The minimum Gasteiger partial charge on any atom is -0.491 e. The van der Waals surface area contributed by atoms with Crippen LogP contribution in [0, 0.1) is 6.92 Å². The topological polar surface area (TPSA) is 67.4 Å². The molecule has 2 N–H and O–H groups in total. The van der Waals surface area contributed by atoms with E-state index in [1.807, 2.05) is 6.92 Å². The van der Waals surface area contributed by atoms with Gasteiger partial charge in [0.25, 0.3) is 0 Å². The molecule has 1 fully saturated rings. The quantitative estimate of drug-likeness (QED) is 0.208. The van der Waals surface area contributed by atoms with Crippen molar-refractivity contribution in [2.24, 2.45) is 4.99 Å². The predicted molar refractivity (Wildman–Crippen MR) is 133 cm³/mol. The van der Waals surface area contributed by atoms with E-state index in [4.69, 9.17) is 14.2 Å². The Bertz CT molecular complexity index is 649. The van der Waals surface area contributed by atoms with Crippen LogP contribution in [-0.4, -0.2) is 76.1 Å². The lowest BCUT2D eigenvalue weighted by Gasteiger charge is -2.41. The summed E-state index contributed by atoms with van der Waals surface area (Å²) < 4.78 is 16.8. The number of aliphatic imine (C=N–C) groups is 1. The van der Waals surface area contributed by atoms with Crippen molar-refractivity contribution in [2.75, 3.05) is 59.7 Å². The van der Waals surface area contributed by atoms with Gasteiger partial charge in [0, 0.05) is 50.9 Å². The van der Waals surface area contributed by atoms with Gasteiger partial charge in [-0.1, -0.05) is 12.1 Å². The van der Waals surface area contributed by atoms with Crippen LogP contribution >= 0.6 is 24.0 Å². The van der Waals surface area contributed by atoms with Gasteiger partial charge in [0.15, 0.2) is 5.96 Å². The van der Waals surface area contributed by atoms with Crippen LogP contribution in [0.2, 0.25) is 0 Å². The van der Waals surface area contributed by atoms with Crippen molar-refractivity contribution in [3.63, 3.8) is 0 Å². The highest BCUT2D eigenvalue weighted by Gasteiger charge is 2.28. The van der Waals surface area contributed by atoms with Crippen LogP contribution in [0.25, 0.3) is 0 Å². The number of halogens is 1. The molecule has 0 aromatic heterocycles. The molecular weight excluding hydrogens is 495 g/mol. The molecule has 0 spiro atoms. The van der Waals surface area contributed by atoms with Crippen LogP contribution in [0.1, 0.15) is 31.9 Å². The number of rotatable bonds is 10. The van der Waals surface area contributed by atoms with Crippen LogP contribution in [-0.2, 0) is 16.0 Å². The van der Waals surface area contributed by atoms with Gasteiger partial charge in [-0.15, -0.1) is 24.0 Å². The maximum Gasteiger partial charge on any atom is 0.191 e. The first-order valence-electron chi connectivity index (χ1n) is 10.5. The largest absolute Gasteiger partial charge is 0.491 e. The summed E-state index contributed by atoms with van der Waals surface area (Å²) in [6, 6.07) is 6.27. The zero-order chi connectivity index (χ0) is 21.1. The lowest BCUT2D eigenvalue weighted by atomic mass is 10.0. The normalized spacial score (nSPS) is 15.4. The third-order valence-corrected chi connectivity index (χ3v) is 5.14. The van der Waals surface area contributed by atoms with E-state index in [0.717, 1.165) is 50.1 Å². The summed E-state index contributed by atoms with van der Waals surface area (Å²) >= 11 is 0. The van der Waals surface area contributed by atoms with E-state index in [1.54, 1.807) is 7.05 Å². The van der Waals surface area contributed by atoms with E-state index in [1.165, 1.54) is 5.56 Å². The van der Waals surface area contributed by atoms with Crippen LogP contribution in [0.4, 0.5) is 0 Å².